The second-order valence-corrected chi connectivity index (χ2v) is 11.9. The third-order valence-electron chi connectivity index (χ3n) is 9.39. The fraction of sp³-hybridized carbons (Fsp3) is 0. The molecule has 0 amide bonds. The third-order valence-corrected chi connectivity index (χ3v) is 9.39. The molecular formula is C44H26N4. The lowest BCUT2D eigenvalue weighted by atomic mass is 9.91. The molecule has 2 aromatic heterocycles. The molecule has 0 aliphatic heterocycles. The van der Waals surface area contributed by atoms with E-state index in [2.05, 4.69) is 135 Å². The highest BCUT2D eigenvalue weighted by Crippen LogP contribution is 2.43. The Hall–Kier alpha value is -6.88. The van der Waals surface area contributed by atoms with Crippen molar-refractivity contribution >= 4 is 49.3 Å². The van der Waals surface area contributed by atoms with Crippen LogP contribution in [0.15, 0.2) is 158 Å². The van der Waals surface area contributed by atoms with Gasteiger partial charge < -0.3 is 9.13 Å². The van der Waals surface area contributed by atoms with Crippen molar-refractivity contribution < 1.29 is 0 Å². The average molecular weight is 611 g/mol. The number of hydrogen-bond donors (Lipinski definition) is 0. The fourth-order valence-electron chi connectivity index (χ4n) is 7.33. The average Bonchev–Trinajstić information content (AvgIpc) is 3.67. The van der Waals surface area contributed by atoms with E-state index in [-0.39, 0.29) is 0 Å². The SMILES string of the molecule is [C-]#[N+]c1ccc(-n2c3ccccc3c3ccccc32)cc1-c1ccccc1-c1cc(C#N)ccc1-n1c2ccccc2c2ccccc21. The summed E-state index contributed by atoms with van der Waals surface area (Å²) in [4.78, 5) is 4.00. The van der Waals surface area contributed by atoms with Crippen LogP contribution in [0.3, 0.4) is 0 Å². The van der Waals surface area contributed by atoms with Gasteiger partial charge in [0.1, 0.15) is 0 Å². The first kappa shape index (κ1) is 27.4. The molecule has 9 rings (SSSR count). The molecule has 7 aromatic carbocycles. The highest BCUT2D eigenvalue weighted by Gasteiger charge is 2.20. The lowest BCUT2D eigenvalue weighted by molar-refractivity contribution is 1.18. The van der Waals surface area contributed by atoms with Crippen LogP contribution in [0, 0.1) is 17.9 Å². The van der Waals surface area contributed by atoms with Crippen LogP contribution in [0.2, 0.25) is 0 Å². The van der Waals surface area contributed by atoms with E-state index >= 15 is 0 Å². The highest BCUT2D eigenvalue weighted by molar-refractivity contribution is 6.11. The van der Waals surface area contributed by atoms with Gasteiger partial charge in [-0.05, 0) is 71.3 Å². The van der Waals surface area contributed by atoms with Crippen LogP contribution in [-0.4, -0.2) is 9.13 Å². The first-order chi connectivity index (χ1) is 23.7. The van der Waals surface area contributed by atoms with E-state index in [1.165, 1.54) is 21.5 Å². The van der Waals surface area contributed by atoms with Gasteiger partial charge in [-0.15, -0.1) is 0 Å². The second kappa shape index (κ2) is 10.9. The number of para-hydroxylation sites is 4. The Balaban J connectivity index is 1.32. The minimum Gasteiger partial charge on any atom is -0.309 e. The lowest BCUT2D eigenvalue weighted by Gasteiger charge is -2.19. The zero-order chi connectivity index (χ0) is 32.2. The summed E-state index contributed by atoms with van der Waals surface area (Å²) in [6.45, 7) is 8.19. The highest BCUT2D eigenvalue weighted by atomic mass is 15.0. The van der Waals surface area contributed by atoms with Crippen molar-refractivity contribution in [3.8, 4) is 39.7 Å². The van der Waals surface area contributed by atoms with Crippen LogP contribution in [0.5, 0.6) is 0 Å². The molecule has 48 heavy (non-hydrogen) atoms. The van der Waals surface area contributed by atoms with Crippen molar-refractivity contribution in [2.45, 2.75) is 0 Å². The fourth-order valence-corrected chi connectivity index (χ4v) is 7.33. The van der Waals surface area contributed by atoms with Gasteiger partial charge in [0.25, 0.3) is 0 Å². The van der Waals surface area contributed by atoms with E-state index in [1.807, 2.05) is 42.5 Å². The summed E-state index contributed by atoms with van der Waals surface area (Å²) < 4.78 is 4.58. The molecule has 0 saturated heterocycles. The molecule has 9 aromatic rings. The molecule has 0 radical (unpaired) electrons. The summed E-state index contributed by atoms with van der Waals surface area (Å²) in [5, 5.41) is 14.8. The Morgan fingerprint density at radius 2 is 0.938 bits per heavy atom. The van der Waals surface area contributed by atoms with Crippen molar-refractivity contribution in [2.24, 2.45) is 0 Å². The number of nitriles is 1. The van der Waals surface area contributed by atoms with E-state index in [9.17, 15) is 5.26 Å². The Morgan fingerprint density at radius 1 is 0.458 bits per heavy atom. The van der Waals surface area contributed by atoms with Crippen molar-refractivity contribution in [3.63, 3.8) is 0 Å². The molecule has 222 valence electrons. The quantitative estimate of drug-likeness (QED) is 0.183. The molecule has 0 aliphatic carbocycles. The van der Waals surface area contributed by atoms with Crippen molar-refractivity contribution in [2.75, 3.05) is 0 Å². The molecule has 0 spiro atoms. The minimum absolute atomic E-state index is 0.571. The Bertz CT molecular complexity index is 2710. The Kier molecular flexibility index (Phi) is 6.22. The van der Waals surface area contributed by atoms with Gasteiger partial charge in [0.2, 0.25) is 0 Å². The van der Waals surface area contributed by atoms with Gasteiger partial charge in [-0.3, -0.25) is 0 Å². The number of nitrogens with zero attached hydrogens (tertiary/aromatic N) is 4. The summed E-state index contributed by atoms with van der Waals surface area (Å²) in [6.07, 6.45) is 0. The van der Waals surface area contributed by atoms with Gasteiger partial charge >= 0.3 is 0 Å². The second-order valence-electron chi connectivity index (χ2n) is 11.9. The summed E-state index contributed by atoms with van der Waals surface area (Å²) in [7, 11) is 0. The molecule has 0 bridgehead atoms. The molecule has 2 heterocycles. The van der Waals surface area contributed by atoms with Crippen LogP contribution >= 0.6 is 0 Å². The van der Waals surface area contributed by atoms with E-state index in [4.69, 9.17) is 6.57 Å². The van der Waals surface area contributed by atoms with Gasteiger partial charge in [-0.1, -0.05) is 103 Å². The van der Waals surface area contributed by atoms with Crippen molar-refractivity contribution in [1.29, 1.82) is 5.26 Å². The maximum atomic E-state index is 10.1. The molecule has 0 unspecified atom stereocenters. The molecule has 4 heteroatoms. The normalized spacial score (nSPS) is 11.3. The molecule has 4 nitrogen and oxygen atoms in total. The van der Waals surface area contributed by atoms with Gasteiger partial charge in [0, 0.05) is 32.8 Å². The van der Waals surface area contributed by atoms with Crippen molar-refractivity contribution in [1.82, 2.24) is 9.13 Å². The summed E-state index contributed by atoms with van der Waals surface area (Å²) in [5.74, 6) is 0. The number of fused-ring (bicyclic) bond motifs is 6. The number of benzene rings is 7. The molecule has 0 aliphatic rings. The Morgan fingerprint density at radius 3 is 1.46 bits per heavy atom. The zero-order valence-electron chi connectivity index (χ0n) is 25.8. The van der Waals surface area contributed by atoms with Crippen LogP contribution in [0.4, 0.5) is 5.69 Å². The van der Waals surface area contributed by atoms with E-state index in [1.54, 1.807) is 0 Å². The van der Waals surface area contributed by atoms with Crippen LogP contribution < -0.4 is 0 Å². The maximum Gasteiger partial charge on any atom is 0.195 e. The van der Waals surface area contributed by atoms with E-state index < -0.39 is 0 Å². The minimum atomic E-state index is 0.571. The Labute approximate surface area is 277 Å². The molecular weight excluding hydrogens is 585 g/mol. The molecule has 0 atom stereocenters. The molecule has 0 N–H and O–H groups in total. The van der Waals surface area contributed by atoms with Gasteiger partial charge in [-0.25, -0.2) is 4.85 Å². The lowest BCUT2D eigenvalue weighted by Crippen LogP contribution is -1.99. The molecule has 0 fully saturated rings. The predicted molar refractivity (Wildman–Crippen MR) is 197 cm³/mol. The summed E-state index contributed by atoms with van der Waals surface area (Å²) in [6, 6.07) is 56.4. The largest absolute Gasteiger partial charge is 0.309 e. The van der Waals surface area contributed by atoms with Crippen LogP contribution in [-0.2, 0) is 0 Å². The van der Waals surface area contributed by atoms with Crippen molar-refractivity contribution in [3.05, 3.63) is 175 Å². The zero-order valence-corrected chi connectivity index (χ0v) is 25.8. The topological polar surface area (TPSA) is 38.0 Å². The summed E-state index contributed by atoms with van der Waals surface area (Å²) >= 11 is 0. The summed E-state index contributed by atoms with van der Waals surface area (Å²) in [5.41, 5.74) is 11.2. The maximum absolute atomic E-state index is 10.1. The first-order valence-electron chi connectivity index (χ1n) is 15.9. The smallest absolute Gasteiger partial charge is 0.195 e. The number of hydrogen-bond acceptors (Lipinski definition) is 1. The third kappa shape index (κ3) is 4.07. The van der Waals surface area contributed by atoms with Gasteiger partial charge in [-0.2, -0.15) is 5.26 Å². The molecule has 0 saturated carbocycles. The number of aromatic nitrogens is 2. The van der Waals surface area contributed by atoms with E-state index in [0.717, 1.165) is 55.7 Å². The predicted octanol–water partition coefficient (Wildman–Crippen LogP) is 11.6. The standard InChI is InChI=1S/C44H26N4/c1-46-39-24-23-30(47-40-18-8-4-14-33(40)34-15-5-9-19-41(34)47)27-37(39)31-12-2-3-13-32(31)38-26-29(28-45)22-25-44(38)48-42-20-10-6-16-35(42)36-17-7-11-21-43(36)48/h2-27H. The van der Waals surface area contributed by atoms with Crippen LogP contribution in [0.25, 0.3) is 82.1 Å². The van der Waals surface area contributed by atoms with Crippen LogP contribution in [0.1, 0.15) is 5.56 Å². The van der Waals surface area contributed by atoms with E-state index in [0.29, 0.717) is 11.3 Å². The number of rotatable bonds is 4. The van der Waals surface area contributed by atoms with Gasteiger partial charge in [0.15, 0.2) is 5.69 Å². The van der Waals surface area contributed by atoms with Gasteiger partial charge in [0.05, 0.1) is 46.0 Å². The first-order valence-corrected chi connectivity index (χ1v) is 15.9. The monoisotopic (exact) mass is 610 g/mol.